The Morgan fingerprint density at radius 1 is 1.13 bits per heavy atom. The monoisotopic (exact) mass is 464 g/mol. The number of nitrogens with zero attached hydrogens (tertiary/aromatic N) is 3. The van der Waals surface area contributed by atoms with Crippen molar-refractivity contribution in [1.82, 2.24) is 15.5 Å². The maximum atomic E-state index is 12.3. The largest absolute Gasteiger partial charge is 0.391 e. The SMILES string of the molecule is O=C(NCc1ccc(Cl)c(Cl)c1)C1=NO[C@@H](Cc2noc(-c3cccc(Cl)c3)n2)C1. The lowest BCUT2D eigenvalue weighted by Crippen LogP contribution is -2.30. The van der Waals surface area contributed by atoms with Gasteiger partial charge in [0, 0.05) is 23.6 Å². The van der Waals surface area contributed by atoms with Gasteiger partial charge in [0.25, 0.3) is 11.8 Å². The van der Waals surface area contributed by atoms with Crippen molar-refractivity contribution < 1.29 is 14.2 Å². The Bertz CT molecular complexity index is 1120. The zero-order chi connectivity index (χ0) is 21.1. The van der Waals surface area contributed by atoms with Crippen molar-refractivity contribution in [1.29, 1.82) is 0 Å². The predicted octanol–water partition coefficient (Wildman–Crippen LogP) is 4.70. The van der Waals surface area contributed by atoms with E-state index < -0.39 is 0 Å². The molecule has 0 saturated carbocycles. The summed E-state index contributed by atoms with van der Waals surface area (Å²) in [5, 5.41) is 12.1. The van der Waals surface area contributed by atoms with E-state index in [0.29, 0.717) is 51.9 Å². The van der Waals surface area contributed by atoms with Crippen LogP contribution in [0.25, 0.3) is 11.5 Å². The van der Waals surface area contributed by atoms with E-state index in [9.17, 15) is 4.79 Å². The highest BCUT2D eigenvalue weighted by Crippen LogP contribution is 2.23. The van der Waals surface area contributed by atoms with E-state index in [0.717, 1.165) is 11.1 Å². The number of carbonyl (C=O) groups excluding carboxylic acids is 1. The van der Waals surface area contributed by atoms with Gasteiger partial charge in [0.2, 0.25) is 0 Å². The number of oxime groups is 1. The van der Waals surface area contributed by atoms with Gasteiger partial charge in [0.1, 0.15) is 11.8 Å². The zero-order valence-corrected chi connectivity index (χ0v) is 17.7. The quantitative estimate of drug-likeness (QED) is 0.570. The molecule has 0 saturated heterocycles. The Kier molecular flexibility index (Phi) is 6.22. The molecular weight excluding hydrogens is 451 g/mol. The normalized spacial score (nSPS) is 15.6. The molecule has 154 valence electrons. The van der Waals surface area contributed by atoms with Gasteiger partial charge in [0.05, 0.1) is 16.5 Å². The smallest absolute Gasteiger partial charge is 0.269 e. The Balaban J connectivity index is 1.30. The molecule has 4 rings (SSSR count). The van der Waals surface area contributed by atoms with Crippen molar-refractivity contribution in [3.05, 3.63) is 68.9 Å². The van der Waals surface area contributed by atoms with Gasteiger partial charge in [-0.15, -0.1) is 0 Å². The summed E-state index contributed by atoms with van der Waals surface area (Å²) in [4.78, 5) is 22.1. The molecule has 10 heteroatoms. The van der Waals surface area contributed by atoms with Crippen LogP contribution in [-0.2, 0) is 22.6 Å². The summed E-state index contributed by atoms with van der Waals surface area (Å²) in [6.07, 6.45) is 0.353. The standard InChI is InChI=1S/C20H15Cl3N4O3/c21-13-3-1-2-12(7-13)20-25-18(27-30-20)9-14-8-17(26-29-14)19(28)24-10-11-4-5-15(22)16(23)6-11/h1-7,14H,8-10H2,(H,24,28)/t14-/m1/s1. The maximum Gasteiger partial charge on any atom is 0.269 e. The number of nitrogens with one attached hydrogen (secondary N) is 1. The number of hydrogen-bond donors (Lipinski definition) is 1. The second-order valence-electron chi connectivity index (χ2n) is 6.63. The summed E-state index contributed by atoms with van der Waals surface area (Å²) in [6, 6.07) is 12.3. The fourth-order valence-corrected chi connectivity index (χ4v) is 3.40. The van der Waals surface area contributed by atoms with Crippen molar-refractivity contribution >= 4 is 46.4 Å². The highest BCUT2D eigenvalue weighted by atomic mass is 35.5. The average Bonchev–Trinajstić information content (AvgIpc) is 3.39. The molecule has 1 aliphatic heterocycles. The minimum Gasteiger partial charge on any atom is -0.391 e. The molecule has 0 radical (unpaired) electrons. The Labute approximate surface area is 186 Å². The molecule has 0 bridgehead atoms. The van der Waals surface area contributed by atoms with Crippen LogP contribution >= 0.6 is 34.8 Å². The maximum absolute atomic E-state index is 12.3. The molecule has 0 spiro atoms. The topological polar surface area (TPSA) is 89.6 Å². The first-order valence-electron chi connectivity index (χ1n) is 9.01. The van der Waals surface area contributed by atoms with Crippen LogP contribution in [-0.4, -0.2) is 27.9 Å². The lowest BCUT2D eigenvalue weighted by Gasteiger charge is -2.06. The van der Waals surface area contributed by atoms with Crippen molar-refractivity contribution in [3.8, 4) is 11.5 Å². The zero-order valence-electron chi connectivity index (χ0n) is 15.4. The molecule has 0 aliphatic carbocycles. The van der Waals surface area contributed by atoms with E-state index in [4.69, 9.17) is 44.2 Å². The number of carbonyl (C=O) groups is 1. The number of rotatable bonds is 6. The van der Waals surface area contributed by atoms with Gasteiger partial charge in [-0.25, -0.2) is 0 Å². The van der Waals surface area contributed by atoms with Crippen LogP contribution < -0.4 is 5.32 Å². The lowest BCUT2D eigenvalue weighted by molar-refractivity contribution is -0.115. The number of benzene rings is 2. The molecule has 0 fully saturated rings. The second kappa shape index (κ2) is 9.04. The minimum absolute atomic E-state index is 0.299. The summed E-state index contributed by atoms with van der Waals surface area (Å²) in [5.41, 5.74) is 1.86. The lowest BCUT2D eigenvalue weighted by atomic mass is 10.1. The fraction of sp³-hybridized carbons (Fsp3) is 0.200. The van der Waals surface area contributed by atoms with Crippen LogP contribution in [0.15, 0.2) is 52.1 Å². The summed E-state index contributed by atoms with van der Waals surface area (Å²) >= 11 is 17.9. The van der Waals surface area contributed by atoms with Gasteiger partial charge in [-0.05, 0) is 35.9 Å². The van der Waals surface area contributed by atoms with Gasteiger partial charge in [0.15, 0.2) is 5.82 Å². The van der Waals surface area contributed by atoms with Crippen molar-refractivity contribution in [3.63, 3.8) is 0 Å². The van der Waals surface area contributed by atoms with E-state index in [1.165, 1.54) is 0 Å². The van der Waals surface area contributed by atoms with Gasteiger partial charge >= 0.3 is 0 Å². The summed E-state index contributed by atoms with van der Waals surface area (Å²) < 4.78 is 5.28. The van der Waals surface area contributed by atoms with E-state index in [1.54, 1.807) is 36.4 Å². The molecule has 1 N–H and O–H groups in total. The molecule has 0 unspecified atom stereocenters. The molecule has 30 heavy (non-hydrogen) atoms. The molecule has 2 heterocycles. The first kappa shape index (κ1) is 20.7. The van der Waals surface area contributed by atoms with Crippen LogP contribution in [0, 0.1) is 0 Å². The number of halogens is 3. The van der Waals surface area contributed by atoms with Gasteiger partial charge < -0.3 is 14.7 Å². The second-order valence-corrected chi connectivity index (χ2v) is 7.88. The molecule has 3 aromatic rings. The van der Waals surface area contributed by atoms with Crippen molar-refractivity contribution in [2.45, 2.75) is 25.5 Å². The molecule has 1 atom stereocenters. The Hall–Kier alpha value is -2.61. The highest BCUT2D eigenvalue weighted by Gasteiger charge is 2.27. The van der Waals surface area contributed by atoms with Gasteiger partial charge in [-0.3, -0.25) is 4.79 Å². The summed E-state index contributed by atoms with van der Waals surface area (Å²) in [7, 11) is 0. The molecule has 1 aliphatic rings. The van der Waals surface area contributed by atoms with E-state index >= 15 is 0 Å². The third-order valence-electron chi connectivity index (χ3n) is 4.38. The Morgan fingerprint density at radius 2 is 2.00 bits per heavy atom. The summed E-state index contributed by atoms with van der Waals surface area (Å²) in [6.45, 7) is 0.299. The Morgan fingerprint density at radius 3 is 2.80 bits per heavy atom. The van der Waals surface area contributed by atoms with Gasteiger partial charge in [-0.1, -0.05) is 57.2 Å². The molecular formula is C20H15Cl3N4O3. The van der Waals surface area contributed by atoms with Crippen LogP contribution in [0.2, 0.25) is 15.1 Å². The van der Waals surface area contributed by atoms with Crippen molar-refractivity contribution in [2.24, 2.45) is 5.16 Å². The van der Waals surface area contributed by atoms with Crippen molar-refractivity contribution in [2.75, 3.05) is 0 Å². The fourth-order valence-electron chi connectivity index (χ4n) is 2.89. The average molecular weight is 466 g/mol. The molecule has 7 nitrogen and oxygen atoms in total. The molecule has 1 aromatic heterocycles. The third-order valence-corrected chi connectivity index (χ3v) is 5.36. The van der Waals surface area contributed by atoms with Crippen LogP contribution in [0.5, 0.6) is 0 Å². The van der Waals surface area contributed by atoms with Gasteiger partial charge in [-0.2, -0.15) is 4.98 Å². The number of aromatic nitrogens is 2. The summed E-state index contributed by atoms with van der Waals surface area (Å²) in [5.74, 6) is 0.518. The number of amides is 1. The van der Waals surface area contributed by atoms with E-state index in [1.807, 2.05) is 6.07 Å². The van der Waals surface area contributed by atoms with Crippen LogP contribution in [0.3, 0.4) is 0 Å². The molecule has 1 amide bonds. The minimum atomic E-state index is -0.347. The molecule has 2 aromatic carbocycles. The highest BCUT2D eigenvalue weighted by molar-refractivity contribution is 6.42. The predicted molar refractivity (Wildman–Crippen MR) is 114 cm³/mol. The number of hydrogen-bond acceptors (Lipinski definition) is 6. The first-order valence-corrected chi connectivity index (χ1v) is 10.1. The third kappa shape index (κ3) is 4.92. The van der Waals surface area contributed by atoms with E-state index in [-0.39, 0.29) is 12.0 Å². The first-order chi connectivity index (χ1) is 14.5. The van der Waals surface area contributed by atoms with Crippen LogP contribution in [0.4, 0.5) is 0 Å². The van der Waals surface area contributed by atoms with E-state index in [2.05, 4.69) is 20.6 Å². The van der Waals surface area contributed by atoms with Crippen LogP contribution in [0.1, 0.15) is 17.8 Å².